The van der Waals surface area contributed by atoms with E-state index in [1.165, 1.54) is 0 Å². The summed E-state index contributed by atoms with van der Waals surface area (Å²) in [4.78, 5) is 24.7. The first-order valence-electron chi connectivity index (χ1n) is 9.80. The van der Waals surface area contributed by atoms with Gasteiger partial charge in [0.25, 0.3) is 0 Å². The van der Waals surface area contributed by atoms with Crippen molar-refractivity contribution < 1.29 is 4.79 Å². The van der Waals surface area contributed by atoms with Gasteiger partial charge < -0.3 is 5.73 Å². The number of fused-ring (bicyclic) bond motifs is 2. The zero-order valence-corrected chi connectivity index (χ0v) is 16.8. The summed E-state index contributed by atoms with van der Waals surface area (Å²) in [6.07, 6.45) is 3.50. The summed E-state index contributed by atoms with van der Waals surface area (Å²) in [5, 5.41) is 5.42. The molecule has 7 nitrogen and oxygen atoms in total. The number of carbonyl (C=O) groups excluding carboxylic acids is 1. The largest absolute Gasteiger partial charge is 0.325 e. The van der Waals surface area contributed by atoms with E-state index >= 15 is 0 Å². The summed E-state index contributed by atoms with van der Waals surface area (Å²) >= 11 is 0. The molecule has 31 heavy (non-hydrogen) atoms. The fourth-order valence-electron chi connectivity index (χ4n) is 4.07. The Bertz CT molecular complexity index is 1440. The van der Waals surface area contributed by atoms with Gasteiger partial charge in [-0.15, -0.1) is 0 Å². The van der Waals surface area contributed by atoms with E-state index in [4.69, 9.17) is 12.3 Å². The second-order valence-electron chi connectivity index (χ2n) is 7.36. The van der Waals surface area contributed by atoms with Crippen molar-refractivity contribution in [3.8, 4) is 22.4 Å². The van der Waals surface area contributed by atoms with Crippen LogP contribution in [0.1, 0.15) is 15.9 Å². The van der Waals surface area contributed by atoms with Crippen LogP contribution in [0.15, 0.2) is 59.9 Å². The number of Topliss-reactive ketones (excluding diaryl/α,β-unsaturated/α-hetero) is 1. The van der Waals surface area contributed by atoms with Crippen LogP contribution in [0.5, 0.6) is 0 Å². The van der Waals surface area contributed by atoms with Crippen molar-refractivity contribution in [1.82, 2.24) is 14.8 Å². The monoisotopic (exact) mass is 406 g/mol. The summed E-state index contributed by atoms with van der Waals surface area (Å²) in [6, 6.07) is 13.3. The Balaban J connectivity index is 1.73. The summed E-state index contributed by atoms with van der Waals surface area (Å²) in [5.74, 6) is -0.0116. The Morgan fingerprint density at radius 1 is 1.13 bits per heavy atom. The number of aryl methyl sites for hydroxylation is 1. The number of carbonyl (C=O) groups is 1. The van der Waals surface area contributed by atoms with Crippen LogP contribution in [0.4, 0.5) is 5.69 Å². The Morgan fingerprint density at radius 2 is 2.00 bits per heavy atom. The molecular weight excluding hydrogens is 388 g/mol. The van der Waals surface area contributed by atoms with Gasteiger partial charge in [-0.05, 0) is 29.1 Å². The fourth-order valence-corrected chi connectivity index (χ4v) is 4.07. The third-order valence-corrected chi connectivity index (χ3v) is 5.58. The predicted molar refractivity (Wildman–Crippen MR) is 120 cm³/mol. The minimum absolute atomic E-state index is 0.0116. The molecule has 5 rings (SSSR count). The van der Waals surface area contributed by atoms with Crippen LogP contribution in [0.25, 0.3) is 38.1 Å². The highest BCUT2D eigenvalue weighted by molar-refractivity contribution is 6.16. The molecule has 2 aromatic carbocycles. The van der Waals surface area contributed by atoms with E-state index in [2.05, 4.69) is 19.9 Å². The molecule has 3 heterocycles. The Morgan fingerprint density at radius 3 is 2.81 bits per heavy atom. The van der Waals surface area contributed by atoms with Gasteiger partial charge in [0.1, 0.15) is 6.54 Å². The molecule has 2 aromatic heterocycles. The van der Waals surface area contributed by atoms with Gasteiger partial charge in [0.2, 0.25) is 0 Å². The molecule has 1 aliphatic heterocycles. The van der Waals surface area contributed by atoms with Gasteiger partial charge in [0, 0.05) is 42.0 Å². The molecule has 1 aliphatic rings. The van der Waals surface area contributed by atoms with Gasteiger partial charge >= 0.3 is 0 Å². The average molecular weight is 406 g/mol. The Kier molecular flexibility index (Phi) is 4.42. The van der Waals surface area contributed by atoms with Crippen LogP contribution in [-0.4, -0.2) is 39.3 Å². The molecule has 0 amide bonds. The molecule has 0 spiro atoms. The first-order valence-corrected chi connectivity index (χ1v) is 9.80. The van der Waals surface area contributed by atoms with Crippen LogP contribution in [0.3, 0.4) is 0 Å². The van der Waals surface area contributed by atoms with Crippen molar-refractivity contribution in [2.75, 3.05) is 13.1 Å². The molecule has 0 fully saturated rings. The van der Waals surface area contributed by atoms with Crippen LogP contribution in [0, 0.1) is 6.57 Å². The van der Waals surface area contributed by atoms with E-state index in [1.807, 2.05) is 43.4 Å². The van der Waals surface area contributed by atoms with Crippen molar-refractivity contribution in [2.24, 2.45) is 17.8 Å². The summed E-state index contributed by atoms with van der Waals surface area (Å²) in [7, 11) is 1.86. The number of rotatable bonds is 3. The molecule has 0 bridgehead atoms. The van der Waals surface area contributed by atoms with E-state index < -0.39 is 0 Å². The number of nitrogens with two attached hydrogens (primary N) is 1. The first kappa shape index (κ1) is 18.9. The smallest absolute Gasteiger partial charge is 0.198 e. The Hall–Kier alpha value is -4.15. The highest BCUT2D eigenvalue weighted by Crippen LogP contribution is 2.39. The third kappa shape index (κ3) is 3.01. The number of nitrogens with zero attached hydrogens (tertiary/aromatic N) is 5. The summed E-state index contributed by atoms with van der Waals surface area (Å²) < 4.78 is 1.77. The number of hydrogen-bond donors (Lipinski definition) is 1. The zero-order chi connectivity index (χ0) is 21.5. The minimum atomic E-state index is -0.0116. The molecule has 0 unspecified atom stereocenters. The van der Waals surface area contributed by atoms with Crippen LogP contribution >= 0.6 is 0 Å². The third-order valence-electron chi connectivity index (χ3n) is 5.58. The van der Waals surface area contributed by atoms with E-state index in [9.17, 15) is 4.79 Å². The highest BCUT2D eigenvalue weighted by atomic mass is 16.1. The number of aromatic nitrogens is 3. The van der Waals surface area contributed by atoms with Crippen LogP contribution in [0.2, 0.25) is 0 Å². The fraction of sp³-hybridized carbons (Fsp3) is 0.125. The summed E-state index contributed by atoms with van der Waals surface area (Å²) in [5.41, 5.74) is 12.6. The highest BCUT2D eigenvalue weighted by Gasteiger charge is 2.22. The molecule has 4 aromatic rings. The zero-order valence-electron chi connectivity index (χ0n) is 16.8. The van der Waals surface area contributed by atoms with Gasteiger partial charge in [-0.1, -0.05) is 24.3 Å². The van der Waals surface area contributed by atoms with Gasteiger partial charge in [-0.2, -0.15) is 5.10 Å². The molecule has 0 aliphatic carbocycles. The topological polar surface area (TPSA) is 90.5 Å². The number of aliphatic imine (C=N–C) groups is 1. The van der Waals surface area contributed by atoms with Crippen molar-refractivity contribution in [2.45, 2.75) is 0 Å². The van der Waals surface area contributed by atoms with E-state index in [1.54, 1.807) is 23.1 Å². The molecule has 0 atom stereocenters. The molecule has 0 saturated heterocycles. The second kappa shape index (κ2) is 7.27. The SMILES string of the molecule is [C-]#[N+]c1cc2ncccc2cc1-c1c(-c2ccc3c(c2)C(CN)=NCC3=O)cnn1C. The van der Waals surface area contributed by atoms with Gasteiger partial charge in [0.05, 0.1) is 29.7 Å². The van der Waals surface area contributed by atoms with E-state index in [0.29, 0.717) is 11.3 Å². The molecule has 2 N–H and O–H groups in total. The lowest BCUT2D eigenvalue weighted by Crippen LogP contribution is -2.24. The molecule has 0 radical (unpaired) electrons. The van der Waals surface area contributed by atoms with Crippen LogP contribution in [-0.2, 0) is 7.05 Å². The molecule has 150 valence electrons. The standard InChI is InChI=1S/C24H18N6O/c1-26-21-10-20-15(4-3-7-27-20)9-18(21)24-19(12-29-30(24)2)14-5-6-16-17(8-14)22(11-25)28-13-23(16)31/h3-10,12H,11,13,25H2,2H3. The lowest BCUT2D eigenvalue weighted by Gasteiger charge is -2.17. The Labute approximate surface area is 178 Å². The maximum Gasteiger partial charge on any atom is 0.198 e. The van der Waals surface area contributed by atoms with Gasteiger partial charge in [-0.3, -0.25) is 19.5 Å². The predicted octanol–water partition coefficient (Wildman–Crippen LogP) is 3.80. The number of hydrogen-bond acceptors (Lipinski definition) is 5. The molecular formula is C24H18N6O. The second-order valence-corrected chi connectivity index (χ2v) is 7.36. The van der Waals surface area contributed by atoms with Crippen molar-refractivity contribution in [1.29, 1.82) is 0 Å². The van der Waals surface area contributed by atoms with E-state index in [0.717, 1.165) is 44.6 Å². The lowest BCUT2D eigenvalue weighted by molar-refractivity contribution is 0.1000. The number of benzene rings is 2. The average Bonchev–Trinajstić information content (AvgIpc) is 3.19. The van der Waals surface area contributed by atoms with Crippen molar-refractivity contribution in [3.63, 3.8) is 0 Å². The maximum absolute atomic E-state index is 12.3. The quantitative estimate of drug-likeness (QED) is 0.524. The maximum atomic E-state index is 12.3. The number of ketones is 1. The summed E-state index contributed by atoms with van der Waals surface area (Å²) in [6.45, 7) is 8.11. The molecule has 0 saturated carbocycles. The normalized spacial score (nSPS) is 13.1. The van der Waals surface area contributed by atoms with Crippen molar-refractivity contribution in [3.05, 3.63) is 77.4 Å². The van der Waals surface area contributed by atoms with E-state index in [-0.39, 0.29) is 18.9 Å². The lowest BCUT2D eigenvalue weighted by atomic mass is 9.91. The van der Waals surface area contributed by atoms with Gasteiger partial charge in [-0.25, -0.2) is 4.85 Å². The van der Waals surface area contributed by atoms with Crippen molar-refractivity contribution >= 4 is 28.1 Å². The minimum Gasteiger partial charge on any atom is -0.325 e. The number of pyridine rings is 1. The first-order chi connectivity index (χ1) is 15.1. The van der Waals surface area contributed by atoms with Crippen LogP contribution < -0.4 is 5.73 Å². The molecule has 7 heteroatoms. The van der Waals surface area contributed by atoms with Gasteiger partial charge in [0.15, 0.2) is 11.5 Å².